The Balaban J connectivity index is 1.76. The molecule has 1 N–H and O–H groups in total. The van der Waals surface area contributed by atoms with Crippen molar-refractivity contribution < 1.29 is 4.52 Å². The van der Waals surface area contributed by atoms with E-state index in [-0.39, 0.29) is 5.92 Å². The number of rotatable bonds is 5. The fourth-order valence-corrected chi connectivity index (χ4v) is 3.34. The van der Waals surface area contributed by atoms with Gasteiger partial charge in [0.1, 0.15) is 0 Å². The van der Waals surface area contributed by atoms with Crippen LogP contribution in [0.4, 0.5) is 0 Å². The molecule has 3 saturated heterocycles. The molecule has 0 radical (unpaired) electrons. The average Bonchev–Trinajstić information content (AvgIpc) is 2.98. The lowest BCUT2D eigenvalue weighted by molar-refractivity contribution is 0.00781. The van der Waals surface area contributed by atoms with Crippen LogP contribution in [0.15, 0.2) is 4.52 Å². The van der Waals surface area contributed by atoms with Gasteiger partial charge in [0.2, 0.25) is 5.89 Å². The van der Waals surface area contributed by atoms with Gasteiger partial charge in [0, 0.05) is 38.8 Å². The van der Waals surface area contributed by atoms with Gasteiger partial charge in [-0.05, 0) is 20.4 Å². The quantitative estimate of drug-likeness (QED) is 0.862. The molecule has 3 fully saturated rings. The molecule has 0 spiro atoms. The fourth-order valence-electron chi connectivity index (χ4n) is 3.34. The predicted molar refractivity (Wildman–Crippen MR) is 76.6 cm³/mol. The van der Waals surface area contributed by atoms with Gasteiger partial charge in [0.25, 0.3) is 0 Å². The van der Waals surface area contributed by atoms with E-state index < -0.39 is 0 Å². The lowest BCUT2D eigenvalue weighted by atomic mass is 9.98. The van der Waals surface area contributed by atoms with E-state index >= 15 is 0 Å². The molecule has 1 aromatic heterocycles. The van der Waals surface area contributed by atoms with Gasteiger partial charge < -0.3 is 9.84 Å². The van der Waals surface area contributed by atoms with Crippen LogP contribution in [0.5, 0.6) is 0 Å². The summed E-state index contributed by atoms with van der Waals surface area (Å²) in [5.74, 6) is 1.94. The summed E-state index contributed by atoms with van der Waals surface area (Å²) >= 11 is 0. The Morgan fingerprint density at radius 3 is 2.65 bits per heavy atom. The number of aromatic nitrogens is 2. The number of likely N-dealkylation sites (N-methyl/N-ethyl adjacent to an activating group) is 1. The monoisotopic (exact) mass is 279 g/mol. The van der Waals surface area contributed by atoms with Crippen LogP contribution in [0.1, 0.15) is 43.9 Å². The van der Waals surface area contributed by atoms with Gasteiger partial charge in [-0.2, -0.15) is 4.98 Å². The summed E-state index contributed by atoms with van der Waals surface area (Å²) in [7, 11) is 1.98. The molecule has 0 amide bonds. The predicted octanol–water partition coefficient (Wildman–Crippen LogP) is 0.843. The zero-order valence-corrected chi connectivity index (χ0v) is 12.7. The van der Waals surface area contributed by atoms with Crippen molar-refractivity contribution in [1.82, 2.24) is 25.3 Å². The number of piperazine rings is 3. The number of hydrogen-bond acceptors (Lipinski definition) is 6. The second-order valence-corrected chi connectivity index (χ2v) is 5.94. The Bertz CT molecular complexity index is 441. The Morgan fingerprint density at radius 1 is 1.35 bits per heavy atom. The summed E-state index contributed by atoms with van der Waals surface area (Å²) in [6, 6.07) is 0.664. The third-order valence-electron chi connectivity index (χ3n) is 4.85. The smallest absolute Gasteiger partial charge is 0.231 e. The van der Waals surface area contributed by atoms with Crippen molar-refractivity contribution in [2.75, 3.05) is 39.8 Å². The highest BCUT2D eigenvalue weighted by Crippen LogP contribution is 2.29. The van der Waals surface area contributed by atoms with E-state index in [9.17, 15) is 0 Å². The van der Waals surface area contributed by atoms with Gasteiger partial charge in [0.05, 0.1) is 12.0 Å². The van der Waals surface area contributed by atoms with Gasteiger partial charge in [-0.15, -0.1) is 0 Å². The molecule has 4 rings (SSSR count). The molecule has 2 bridgehead atoms. The molecular formula is C14H25N5O. The Labute approximate surface area is 120 Å². The molecule has 3 unspecified atom stereocenters. The maximum absolute atomic E-state index is 5.56. The number of hydrogen-bond donors (Lipinski definition) is 1. The Kier molecular flexibility index (Phi) is 4.05. The van der Waals surface area contributed by atoms with Gasteiger partial charge in [0.15, 0.2) is 5.82 Å². The van der Waals surface area contributed by atoms with Gasteiger partial charge in [-0.1, -0.05) is 12.1 Å². The van der Waals surface area contributed by atoms with Crippen LogP contribution in [0.2, 0.25) is 0 Å². The molecule has 112 valence electrons. The maximum atomic E-state index is 5.56. The average molecular weight is 279 g/mol. The molecule has 3 aliphatic rings. The zero-order valence-electron chi connectivity index (χ0n) is 12.7. The Morgan fingerprint density at radius 2 is 2.10 bits per heavy atom. The fraction of sp³-hybridized carbons (Fsp3) is 0.857. The molecule has 4 heterocycles. The number of nitrogens with one attached hydrogen (secondary N) is 1. The van der Waals surface area contributed by atoms with Crippen LogP contribution in [0.25, 0.3) is 0 Å². The lowest BCUT2D eigenvalue weighted by Gasteiger charge is -2.46. The molecule has 6 heteroatoms. The lowest BCUT2D eigenvalue weighted by Crippen LogP contribution is -2.57. The van der Waals surface area contributed by atoms with Crippen molar-refractivity contribution in [2.24, 2.45) is 0 Å². The number of fused-ring (bicyclic) bond motifs is 3. The first-order valence-electron chi connectivity index (χ1n) is 7.70. The highest BCUT2D eigenvalue weighted by atomic mass is 16.5. The largest absolute Gasteiger partial charge is 0.339 e. The van der Waals surface area contributed by atoms with Gasteiger partial charge in [-0.25, -0.2) is 0 Å². The summed E-state index contributed by atoms with van der Waals surface area (Å²) in [6.07, 6.45) is 1.00. The second-order valence-electron chi connectivity index (χ2n) is 5.94. The molecule has 0 saturated carbocycles. The summed E-state index contributed by atoms with van der Waals surface area (Å²) in [5.41, 5.74) is 0. The first kappa shape index (κ1) is 14.0. The molecule has 3 atom stereocenters. The molecule has 0 aromatic carbocycles. The first-order chi connectivity index (χ1) is 9.72. The normalized spacial score (nSPS) is 32.2. The SMILES string of the molecule is CCC(c1nc(C2CN3CCN2CC3)no1)C(C)NC. The highest BCUT2D eigenvalue weighted by Gasteiger charge is 2.36. The van der Waals surface area contributed by atoms with Crippen molar-refractivity contribution >= 4 is 0 Å². The molecular weight excluding hydrogens is 254 g/mol. The zero-order chi connectivity index (χ0) is 14.1. The first-order valence-corrected chi connectivity index (χ1v) is 7.70. The van der Waals surface area contributed by atoms with E-state index in [1.807, 2.05) is 7.05 Å². The van der Waals surface area contributed by atoms with Gasteiger partial charge >= 0.3 is 0 Å². The third kappa shape index (κ3) is 2.47. The Hall–Kier alpha value is -0.980. The van der Waals surface area contributed by atoms with E-state index in [1.165, 1.54) is 13.1 Å². The number of nitrogens with zero attached hydrogens (tertiary/aromatic N) is 4. The molecule has 1 aromatic rings. The summed E-state index contributed by atoms with van der Waals surface area (Å²) < 4.78 is 5.56. The van der Waals surface area contributed by atoms with Crippen molar-refractivity contribution in [3.05, 3.63) is 11.7 Å². The molecule has 6 nitrogen and oxygen atoms in total. The van der Waals surface area contributed by atoms with E-state index in [0.29, 0.717) is 12.1 Å². The maximum Gasteiger partial charge on any atom is 0.231 e. The van der Waals surface area contributed by atoms with Crippen LogP contribution in [-0.2, 0) is 0 Å². The summed E-state index contributed by atoms with van der Waals surface area (Å²) in [4.78, 5) is 9.68. The third-order valence-corrected chi connectivity index (χ3v) is 4.85. The van der Waals surface area contributed by atoms with Crippen LogP contribution < -0.4 is 5.32 Å². The minimum Gasteiger partial charge on any atom is -0.339 e. The molecule has 20 heavy (non-hydrogen) atoms. The van der Waals surface area contributed by atoms with E-state index in [0.717, 1.165) is 37.8 Å². The molecule has 0 aliphatic carbocycles. The van der Waals surface area contributed by atoms with Crippen molar-refractivity contribution in [2.45, 2.75) is 38.3 Å². The van der Waals surface area contributed by atoms with E-state index in [4.69, 9.17) is 9.51 Å². The highest BCUT2D eigenvalue weighted by molar-refractivity contribution is 5.04. The van der Waals surface area contributed by atoms with Crippen LogP contribution in [0, 0.1) is 0 Å². The van der Waals surface area contributed by atoms with Crippen LogP contribution in [-0.4, -0.2) is 65.8 Å². The standard InChI is InChI=1S/C14H25N5O/c1-4-11(10(2)15-3)14-16-13(17-20-14)12-9-18-5-7-19(12)8-6-18/h10-12,15H,4-9H2,1-3H3. The minimum absolute atomic E-state index is 0.289. The van der Waals surface area contributed by atoms with E-state index in [2.05, 4.69) is 34.1 Å². The van der Waals surface area contributed by atoms with Crippen LogP contribution in [0.3, 0.4) is 0 Å². The second kappa shape index (κ2) is 5.79. The molecule has 3 aliphatic heterocycles. The van der Waals surface area contributed by atoms with E-state index in [1.54, 1.807) is 0 Å². The summed E-state index contributed by atoms with van der Waals surface area (Å²) in [6.45, 7) is 9.97. The minimum atomic E-state index is 0.289. The van der Waals surface area contributed by atoms with Crippen molar-refractivity contribution in [3.63, 3.8) is 0 Å². The van der Waals surface area contributed by atoms with Crippen molar-refractivity contribution in [3.8, 4) is 0 Å². The van der Waals surface area contributed by atoms with Crippen molar-refractivity contribution in [1.29, 1.82) is 0 Å². The van der Waals surface area contributed by atoms with Gasteiger partial charge in [-0.3, -0.25) is 9.80 Å². The van der Waals surface area contributed by atoms with Crippen LogP contribution >= 0.6 is 0 Å². The topological polar surface area (TPSA) is 57.4 Å². The summed E-state index contributed by atoms with van der Waals surface area (Å²) in [5, 5.41) is 7.55.